The van der Waals surface area contributed by atoms with E-state index in [0.29, 0.717) is 9.79 Å². The quantitative estimate of drug-likeness (QED) is 0.648. The van der Waals surface area contributed by atoms with Crippen LogP contribution >= 0.6 is 23.8 Å². The lowest BCUT2D eigenvalue weighted by molar-refractivity contribution is -0.924. The van der Waals surface area contributed by atoms with E-state index in [-0.39, 0.29) is 0 Å². The van der Waals surface area contributed by atoms with Crippen molar-refractivity contribution in [3.63, 3.8) is 0 Å². The van der Waals surface area contributed by atoms with E-state index in [9.17, 15) is 0 Å². The van der Waals surface area contributed by atoms with E-state index >= 15 is 0 Å². The van der Waals surface area contributed by atoms with Gasteiger partial charge in [-0.05, 0) is 54.7 Å². The molecule has 0 radical (unpaired) electrons. The van der Waals surface area contributed by atoms with Crippen LogP contribution in [0.1, 0.15) is 0 Å². The van der Waals surface area contributed by atoms with Gasteiger partial charge in [-0.15, -0.1) is 0 Å². The number of halogens is 1. The third-order valence-corrected chi connectivity index (χ3v) is 5.74. The van der Waals surface area contributed by atoms with Gasteiger partial charge < -0.3 is 14.5 Å². The van der Waals surface area contributed by atoms with Crippen molar-refractivity contribution in [1.82, 2.24) is 14.3 Å². The zero-order chi connectivity index (χ0) is 19.5. The summed E-state index contributed by atoms with van der Waals surface area (Å²) in [4.78, 5) is 3.88. The molecule has 146 valence electrons. The fourth-order valence-corrected chi connectivity index (χ4v) is 3.94. The van der Waals surface area contributed by atoms with Crippen LogP contribution in [0.4, 0.5) is 5.69 Å². The number of rotatable bonds is 5. The Bertz CT molecular complexity index is 992. The van der Waals surface area contributed by atoms with E-state index in [4.69, 9.17) is 28.6 Å². The minimum absolute atomic E-state index is 0.687. The van der Waals surface area contributed by atoms with Crippen molar-refractivity contribution in [2.24, 2.45) is 0 Å². The van der Waals surface area contributed by atoms with E-state index in [0.717, 1.165) is 44.3 Å². The molecule has 0 atom stereocenters. The number of nitrogens with zero attached hydrogens (tertiary/aromatic N) is 4. The molecule has 1 aliphatic heterocycles. The van der Waals surface area contributed by atoms with E-state index in [1.54, 1.807) is 13.4 Å². The van der Waals surface area contributed by atoms with Crippen LogP contribution in [0, 0.1) is 4.77 Å². The summed E-state index contributed by atoms with van der Waals surface area (Å²) >= 11 is 11.7. The summed E-state index contributed by atoms with van der Waals surface area (Å²) in [6.07, 6.45) is 1.76. The molecule has 1 N–H and O–H groups in total. The zero-order valence-corrected chi connectivity index (χ0v) is 17.3. The number of hydrogen-bond donors (Lipinski definition) is 1. The van der Waals surface area contributed by atoms with Crippen molar-refractivity contribution < 1.29 is 9.64 Å². The number of hydrogen-bond acceptors (Lipinski definition) is 4. The third kappa shape index (κ3) is 4.06. The number of ether oxygens (including phenoxy) is 1. The van der Waals surface area contributed by atoms with Gasteiger partial charge in [0.05, 0.1) is 39.0 Å². The predicted molar refractivity (Wildman–Crippen MR) is 113 cm³/mol. The average Bonchev–Trinajstić information content (AvgIpc) is 3.09. The van der Waals surface area contributed by atoms with Crippen molar-refractivity contribution in [2.45, 2.75) is 6.67 Å². The maximum Gasteiger partial charge on any atom is 0.207 e. The first kappa shape index (κ1) is 19.0. The molecule has 6 nitrogen and oxygen atoms in total. The molecule has 0 spiro atoms. The molecule has 0 saturated carbocycles. The lowest BCUT2D eigenvalue weighted by Gasteiger charge is -2.33. The number of quaternary nitrogens is 1. The Hall–Kier alpha value is -2.35. The number of methoxy groups -OCH3 is 1. The van der Waals surface area contributed by atoms with Crippen molar-refractivity contribution in [2.75, 3.05) is 38.2 Å². The summed E-state index contributed by atoms with van der Waals surface area (Å²) < 4.78 is 9.72. The first-order chi connectivity index (χ1) is 13.6. The predicted octanol–water partition coefficient (Wildman–Crippen LogP) is 2.43. The molecule has 1 aliphatic rings. The molecule has 8 heteroatoms. The second-order valence-corrected chi connectivity index (χ2v) is 7.66. The topological polar surface area (TPSA) is 39.7 Å². The highest BCUT2D eigenvalue weighted by molar-refractivity contribution is 7.71. The Kier molecular flexibility index (Phi) is 5.66. The second-order valence-electron chi connectivity index (χ2n) is 6.86. The van der Waals surface area contributed by atoms with Crippen LogP contribution in [0.15, 0.2) is 54.9 Å². The van der Waals surface area contributed by atoms with Gasteiger partial charge in [0.2, 0.25) is 4.77 Å². The van der Waals surface area contributed by atoms with E-state index in [1.807, 2.05) is 45.6 Å². The second kappa shape index (κ2) is 8.34. The van der Waals surface area contributed by atoms with Crippen LogP contribution in [0.25, 0.3) is 5.69 Å². The van der Waals surface area contributed by atoms with Crippen molar-refractivity contribution in [1.29, 1.82) is 0 Å². The molecular weight excluding hydrogens is 394 g/mol. The van der Waals surface area contributed by atoms with Crippen molar-refractivity contribution in [3.05, 3.63) is 64.7 Å². The number of aromatic nitrogens is 3. The summed E-state index contributed by atoms with van der Waals surface area (Å²) in [6.45, 7) is 4.85. The summed E-state index contributed by atoms with van der Waals surface area (Å²) in [6, 6.07) is 15.9. The summed E-state index contributed by atoms with van der Waals surface area (Å²) in [7, 11) is 1.69. The largest absolute Gasteiger partial charge is 0.497 e. The molecule has 0 bridgehead atoms. The van der Waals surface area contributed by atoms with Gasteiger partial charge in [-0.3, -0.25) is 4.57 Å². The van der Waals surface area contributed by atoms with Crippen LogP contribution in [-0.2, 0) is 6.67 Å². The lowest BCUT2D eigenvalue weighted by Crippen LogP contribution is -3.14. The smallest absolute Gasteiger partial charge is 0.207 e. The van der Waals surface area contributed by atoms with Crippen LogP contribution in [-0.4, -0.2) is 47.6 Å². The first-order valence-electron chi connectivity index (χ1n) is 9.27. The number of piperazine rings is 1. The van der Waals surface area contributed by atoms with Gasteiger partial charge in [-0.2, -0.15) is 9.78 Å². The molecule has 2 aromatic carbocycles. The van der Waals surface area contributed by atoms with E-state index in [2.05, 4.69) is 22.1 Å². The molecule has 4 rings (SSSR count). The van der Waals surface area contributed by atoms with Crippen LogP contribution in [0.3, 0.4) is 0 Å². The number of nitrogens with one attached hydrogen (secondary N) is 1. The monoisotopic (exact) mass is 416 g/mol. The Morgan fingerprint density at radius 3 is 2.54 bits per heavy atom. The highest BCUT2D eigenvalue weighted by Gasteiger charge is 2.21. The molecule has 1 aromatic heterocycles. The molecule has 0 aliphatic carbocycles. The van der Waals surface area contributed by atoms with Gasteiger partial charge in [0.15, 0.2) is 6.67 Å². The molecule has 0 unspecified atom stereocenters. The van der Waals surface area contributed by atoms with Crippen LogP contribution in [0.2, 0.25) is 5.02 Å². The molecule has 3 aromatic rings. The van der Waals surface area contributed by atoms with Gasteiger partial charge in [0.25, 0.3) is 0 Å². The Morgan fingerprint density at radius 1 is 1.11 bits per heavy atom. The molecule has 28 heavy (non-hydrogen) atoms. The highest BCUT2D eigenvalue weighted by atomic mass is 35.5. The lowest BCUT2D eigenvalue weighted by atomic mass is 10.2. The zero-order valence-electron chi connectivity index (χ0n) is 15.7. The standard InChI is InChI=1S/C20H22ClN5OS/c1-27-19-7-5-17(6-8-19)24-11-9-23(10-12-24)15-26-20(28)25(14-22-26)18-4-2-3-16(21)13-18/h2-8,13-14H,9-12,15H2,1H3/p+1. The molecule has 1 saturated heterocycles. The first-order valence-corrected chi connectivity index (χ1v) is 10.1. The summed E-state index contributed by atoms with van der Waals surface area (Å²) in [5, 5.41) is 5.18. The molecule has 0 amide bonds. The van der Waals surface area contributed by atoms with Crippen LogP contribution in [0.5, 0.6) is 5.75 Å². The third-order valence-electron chi connectivity index (χ3n) is 5.10. The van der Waals surface area contributed by atoms with E-state index < -0.39 is 0 Å². The van der Waals surface area contributed by atoms with Gasteiger partial charge in [0.1, 0.15) is 12.1 Å². The minimum atomic E-state index is 0.687. The fraction of sp³-hybridized carbons (Fsp3) is 0.300. The van der Waals surface area contributed by atoms with Crippen molar-refractivity contribution in [3.8, 4) is 11.4 Å². The highest BCUT2D eigenvalue weighted by Crippen LogP contribution is 2.19. The Labute approximate surface area is 174 Å². The van der Waals surface area contributed by atoms with Crippen molar-refractivity contribution >= 4 is 29.5 Å². The Morgan fingerprint density at radius 2 is 1.86 bits per heavy atom. The number of anilines is 1. The maximum atomic E-state index is 6.10. The SMILES string of the molecule is COc1ccc(N2CC[NH+](Cn3ncn(-c4cccc(Cl)c4)c3=S)CC2)cc1. The van der Waals surface area contributed by atoms with Gasteiger partial charge in [0, 0.05) is 10.7 Å². The molecular formula is C20H23ClN5OS+. The fourth-order valence-electron chi connectivity index (χ4n) is 3.49. The number of benzene rings is 2. The van der Waals surface area contributed by atoms with E-state index in [1.165, 1.54) is 10.6 Å². The average molecular weight is 417 g/mol. The van der Waals surface area contributed by atoms with Gasteiger partial charge >= 0.3 is 0 Å². The summed E-state index contributed by atoms with van der Waals surface area (Å²) in [5.74, 6) is 0.887. The van der Waals surface area contributed by atoms with Gasteiger partial charge in [-0.25, -0.2) is 0 Å². The van der Waals surface area contributed by atoms with Crippen LogP contribution < -0.4 is 14.5 Å². The Balaban J connectivity index is 1.39. The molecule has 1 fully saturated rings. The molecule has 2 heterocycles. The maximum absolute atomic E-state index is 6.10. The summed E-state index contributed by atoms with van der Waals surface area (Å²) in [5.41, 5.74) is 2.17. The minimum Gasteiger partial charge on any atom is -0.497 e. The van der Waals surface area contributed by atoms with Gasteiger partial charge in [-0.1, -0.05) is 17.7 Å². The normalized spacial score (nSPS) is 15.0.